The van der Waals surface area contributed by atoms with Crippen LogP contribution < -0.4 is 5.73 Å². The van der Waals surface area contributed by atoms with Crippen molar-refractivity contribution < 1.29 is 35.9 Å². The second-order valence-electron chi connectivity index (χ2n) is 1.91. The van der Waals surface area contributed by atoms with Gasteiger partial charge >= 0.3 is 77.2 Å². The number of aliphatic imine (C=N–C) groups is 1. The number of rotatable bonds is 3. The van der Waals surface area contributed by atoms with Gasteiger partial charge in [0.25, 0.3) is 0 Å². The van der Waals surface area contributed by atoms with Gasteiger partial charge in [0, 0.05) is 0 Å². The number of hydrogen-bond donors (Lipinski definition) is 1. The van der Waals surface area contributed by atoms with Crippen molar-refractivity contribution in [2.45, 2.75) is 29.0 Å². The summed E-state index contributed by atoms with van der Waals surface area (Å²) in [6.07, 6.45) is 0. The summed E-state index contributed by atoms with van der Waals surface area (Å²) in [6, 6.07) is 0.379. The van der Waals surface area contributed by atoms with Crippen LogP contribution in [0.25, 0.3) is 0 Å². The van der Waals surface area contributed by atoms with E-state index in [0.717, 1.165) is 1.62 Å². The Morgan fingerprint density at radius 3 is 2.56 bits per heavy atom. The molecule has 2 nitrogen and oxygen atoms in total. The van der Waals surface area contributed by atoms with Crippen LogP contribution in [0, 0.1) is 35.9 Å². The molecule has 0 aromatic rings. The van der Waals surface area contributed by atoms with Crippen LogP contribution in [0.15, 0.2) is 4.99 Å². The maximum atomic E-state index is 5.60. The van der Waals surface area contributed by atoms with Crippen LogP contribution in [0.5, 0.6) is 0 Å². The SMILES string of the molecule is C[CH2][Gd][C](N)=NC(C)C. The zero-order chi connectivity index (χ0) is 7.28. The number of nitrogens with zero attached hydrogens (tertiary/aromatic N) is 1. The van der Waals surface area contributed by atoms with Gasteiger partial charge in [-0.3, -0.25) is 0 Å². The molecule has 0 saturated heterocycles. The minimum atomic E-state index is -0.169. The van der Waals surface area contributed by atoms with E-state index in [2.05, 4.69) is 25.8 Å². The molecule has 56 valence electrons. The summed E-state index contributed by atoms with van der Waals surface area (Å²) in [5, 5.41) is 0. The van der Waals surface area contributed by atoms with E-state index in [0.29, 0.717) is 6.04 Å². The molecule has 9 heavy (non-hydrogen) atoms. The summed E-state index contributed by atoms with van der Waals surface area (Å²) < 4.78 is 2.15. The molecule has 0 aliphatic heterocycles. The Bertz CT molecular complexity index is 99.2. The molecule has 0 spiro atoms. The first-order valence-electron chi connectivity index (χ1n) is 3.06. The van der Waals surface area contributed by atoms with Gasteiger partial charge in [-0.05, 0) is 0 Å². The molecule has 3 heteroatoms. The van der Waals surface area contributed by atoms with Gasteiger partial charge < -0.3 is 0 Å². The average molecular weight is 271 g/mol. The van der Waals surface area contributed by atoms with Crippen molar-refractivity contribution in [3.63, 3.8) is 0 Å². The number of hydrogen-bond acceptors (Lipinski definition) is 1. The Morgan fingerprint density at radius 2 is 2.22 bits per heavy atom. The molecule has 0 amide bonds. The van der Waals surface area contributed by atoms with Crippen LogP contribution in [0.1, 0.15) is 20.8 Å². The summed E-state index contributed by atoms with van der Waals surface area (Å²) in [7, 11) is 0. The average Bonchev–Trinajstić information content (AvgIpc) is 1.63. The van der Waals surface area contributed by atoms with Crippen molar-refractivity contribution in [2.24, 2.45) is 10.7 Å². The zero-order valence-electron chi connectivity index (χ0n) is 6.16. The van der Waals surface area contributed by atoms with Gasteiger partial charge in [0.1, 0.15) is 0 Å². The Kier molecular flexibility index (Phi) is 6.06. The van der Waals surface area contributed by atoms with E-state index in [9.17, 15) is 0 Å². The van der Waals surface area contributed by atoms with Gasteiger partial charge in [0.05, 0.1) is 0 Å². The van der Waals surface area contributed by atoms with E-state index in [1.165, 1.54) is 2.20 Å². The van der Waals surface area contributed by atoms with Gasteiger partial charge in [-0.25, -0.2) is 0 Å². The van der Waals surface area contributed by atoms with Crippen LogP contribution in [0.4, 0.5) is 0 Å². The fourth-order valence-electron chi connectivity index (χ4n) is 0.401. The van der Waals surface area contributed by atoms with E-state index < -0.39 is 0 Å². The first kappa shape index (κ1) is 9.79. The molecule has 0 aliphatic carbocycles. The zero-order valence-corrected chi connectivity index (χ0v) is 8.43. The molecular formula is C6H14GdN2. The Labute approximate surface area is 76.5 Å². The van der Waals surface area contributed by atoms with Crippen LogP contribution >= 0.6 is 0 Å². The molecule has 0 bridgehead atoms. The summed E-state index contributed by atoms with van der Waals surface area (Å²) in [6.45, 7) is 6.27. The van der Waals surface area contributed by atoms with Gasteiger partial charge in [-0.15, -0.1) is 0 Å². The Hall–Kier alpha value is 0.795. The van der Waals surface area contributed by atoms with E-state index in [-0.39, 0.29) is 35.9 Å². The second kappa shape index (κ2) is 5.57. The number of nitrogens with two attached hydrogens (primary N) is 1. The normalized spacial score (nSPS) is 13.1. The molecular weight excluding hydrogens is 257 g/mol. The van der Waals surface area contributed by atoms with Gasteiger partial charge in [0.15, 0.2) is 0 Å². The third kappa shape index (κ3) is 6.68. The van der Waals surface area contributed by atoms with E-state index in [4.69, 9.17) is 5.73 Å². The first-order valence-corrected chi connectivity index (χ1v) is 5.80. The van der Waals surface area contributed by atoms with Crippen LogP contribution in [-0.4, -0.2) is 7.66 Å². The molecule has 0 rings (SSSR count). The topological polar surface area (TPSA) is 38.4 Å². The summed E-state index contributed by atoms with van der Waals surface area (Å²) in [5.41, 5.74) is 5.60. The van der Waals surface area contributed by atoms with Crippen molar-refractivity contribution >= 4 is 1.62 Å². The van der Waals surface area contributed by atoms with E-state index in [1.807, 2.05) is 0 Å². The van der Waals surface area contributed by atoms with Crippen molar-refractivity contribution in [1.82, 2.24) is 0 Å². The summed E-state index contributed by atoms with van der Waals surface area (Å²) in [5.74, 6) is 0. The van der Waals surface area contributed by atoms with Gasteiger partial charge in [-0.2, -0.15) is 0 Å². The fraction of sp³-hybridized carbons (Fsp3) is 0.833. The molecule has 0 saturated carbocycles. The van der Waals surface area contributed by atoms with Crippen molar-refractivity contribution in [3.05, 3.63) is 0 Å². The molecule has 2 N–H and O–H groups in total. The van der Waals surface area contributed by atoms with E-state index in [1.54, 1.807) is 0 Å². The van der Waals surface area contributed by atoms with Crippen LogP contribution in [0.3, 0.4) is 0 Å². The molecule has 0 radical (unpaired) electrons. The standard InChI is InChI=1S/C4H9N2.C2H5.Gd/c1-4(2)6-3-5;1-2;/h4H,1-2H3,(H2,5,6);1H2,2H3;. The van der Waals surface area contributed by atoms with Gasteiger partial charge in [-0.1, -0.05) is 0 Å². The van der Waals surface area contributed by atoms with E-state index >= 15 is 0 Å². The third-order valence-corrected chi connectivity index (χ3v) is 2.55. The van der Waals surface area contributed by atoms with Crippen molar-refractivity contribution in [3.8, 4) is 0 Å². The maximum absolute atomic E-state index is 5.60. The fourth-order valence-corrected chi connectivity index (χ4v) is 2.02. The van der Waals surface area contributed by atoms with Crippen LogP contribution in [0.2, 0.25) is 2.20 Å². The molecule has 0 aromatic carbocycles. The summed E-state index contributed by atoms with van der Waals surface area (Å²) in [4.78, 5) is 4.22. The quantitative estimate of drug-likeness (QED) is 0.608. The first-order chi connectivity index (χ1) is 4.16. The monoisotopic (exact) mass is 272 g/mol. The molecule has 0 heterocycles. The Balaban J connectivity index is 3.55. The molecule has 0 aromatic heterocycles. The third-order valence-electron chi connectivity index (χ3n) is 0.631. The molecule has 0 aliphatic rings. The molecule has 0 atom stereocenters. The predicted molar refractivity (Wildman–Crippen MR) is 37.2 cm³/mol. The predicted octanol–water partition coefficient (Wildman–Crippen LogP) is 1.23. The molecule has 0 unspecified atom stereocenters. The van der Waals surface area contributed by atoms with Crippen molar-refractivity contribution in [2.75, 3.05) is 0 Å². The van der Waals surface area contributed by atoms with Crippen LogP contribution in [-0.2, 0) is 0 Å². The van der Waals surface area contributed by atoms with Crippen molar-refractivity contribution in [1.29, 1.82) is 0 Å². The number of amidine groups is 1. The Morgan fingerprint density at radius 1 is 1.67 bits per heavy atom. The second-order valence-corrected chi connectivity index (χ2v) is 5.48. The molecule has 0 fully saturated rings. The minimum absolute atomic E-state index is 0.169. The van der Waals surface area contributed by atoms with Gasteiger partial charge in [0.2, 0.25) is 0 Å². The summed E-state index contributed by atoms with van der Waals surface area (Å²) >= 11 is -0.169.